The van der Waals surface area contributed by atoms with Crippen LogP contribution < -0.4 is 0 Å². The van der Waals surface area contributed by atoms with Crippen LogP contribution in [0.2, 0.25) is 0 Å². The average Bonchev–Trinajstić information content (AvgIpc) is 2.25. The Hall–Kier alpha value is -1.61. The number of carboxylic acid groups (broad SMARTS) is 1. The summed E-state index contributed by atoms with van der Waals surface area (Å²) in [5.41, 5.74) is 1.27. The maximum atomic E-state index is 10.6. The summed E-state index contributed by atoms with van der Waals surface area (Å²) >= 11 is 0. The number of carbonyl (C=O) groups is 1. The third kappa shape index (κ3) is 3.95. The van der Waals surface area contributed by atoms with Gasteiger partial charge in [-0.05, 0) is 24.6 Å². The lowest BCUT2D eigenvalue weighted by Crippen LogP contribution is -1.97. The molecule has 0 bridgehead atoms. The summed E-state index contributed by atoms with van der Waals surface area (Å²) in [6.45, 7) is 3.02. The first kappa shape index (κ1) is 11.5. The summed E-state index contributed by atoms with van der Waals surface area (Å²) in [5.74, 6) is -0.906. The molecule has 0 amide bonds. The summed E-state index contributed by atoms with van der Waals surface area (Å²) in [7, 11) is 0. The summed E-state index contributed by atoms with van der Waals surface area (Å²) in [6, 6.07) is 6.69. The van der Waals surface area contributed by atoms with Crippen LogP contribution in [0.5, 0.6) is 0 Å². The Morgan fingerprint density at radius 3 is 2.60 bits per heavy atom. The first-order valence-electron chi connectivity index (χ1n) is 4.75. The fourth-order valence-corrected chi connectivity index (χ4v) is 1.08. The molecule has 80 valence electrons. The molecule has 0 spiro atoms. The Bertz CT molecular complexity index is 338. The van der Waals surface area contributed by atoms with Crippen molar-refractivity contribution in [1.29, 1.82) is 0 Å². The molecule has 0 aromatic heterocycles. The number of rotatable bonds is 5. The van der Waals surface area contributed by atoms with E-state index in [2.05, 4.69) is 0 Å². The molecular formula is C12H14O3. The SMILES string of the molecule is CC=CCOCc1ccc(C(=O)O)cc1. The largest absolute Gasteiger partial charge is 0.478 e. The van der Waals surface area contributed by atoms with E-state index in [9.17, 15) is 4.79 Å². The van der Waals surface area contributed by atoms with Gasteiger partial charge in [0.15, 0.2) is 0 Å². The van der Waals surface area contributed by atoms with Gasteiger partial charge in [-0.15, -0.1) is 0 Å². The molecule has 0 saturated heterocycles. The Morgan fingerprint density at radius 1 is 1.40 bits per heavy atom. The Morgan fingerprint density at radius 2 is 2.07 bits per heavy atom. The van der Waals surface area contributed by atoms with Gasteiger partial charge in [0.25, 0.3) is 0 Å². The molecule has 0 atom stereocenters. The Labute approximate surface area is 89.0 Å². The molecule has 0 aliphatic heterocycles. The summed E-state index contributed by atoms with van der Waals surface area (Å²) in [4.78, 5) is 10.6. The van der Waals surface area contributed by atoms with Crippen LogP contribution >= 0.6 is 0 Å². The first-order valence-corrected chi connectivity index (χ1v) is 4.75. The van der Waals surface area contributed by atoms with Gasteiger partial charge >= 0.3 is 5.97 Å². The second kappa shape index (κ2) is 5.98. The number of carboxylic acids is 1. The van der Waals surface area contributed by atoms with Crippen molar-refractivity contribution in [3.63, 3.8) is 0 Å². The number of hydrogen-bond donors (Lipinski definition) is 1. The molecule has 0 fully saturated rings. The van der Waals surface area contributed by atoms with Crippen molar-refractivity contribution >= 4 is 5.97 Å². The monoisotopic (exact) mass is 206 g/mol. The molecule has 1 aromatic rings. The topological polar surface area (TPSA) is 46.5 Å². The van der Waals surface area contributed by atoms with E-state index in [0.717, 1.165) is 5.56 Å². The minimum atomic E-state index is -0.906. The van der Waals surface area contributed by atoms with Crippen LogP contribution in [-0.4, -0.2) is 17.7 Å². The van der Waals surface area contributed by atoms with Gasteiger partial charge < -0.3 is 9.84 Å². The zero-order valence-electron chi connectivity index (χ0n) is 8.64. The molecule has 1 N–H and O–H groups in total. The molecule has 0 saturated carbocycles. The first-order chi connectivity index (χ1) is 7.24. The highest BCUT2D eigenvalue weighted by Gasteiger charge is 2.00. The maximum absolute atomic E-state index is 10.6. The smallest absolute Gasteiger partial charge is 0.335 e. The van der Waals surface area contributed by atoms with Gasteiger partial charge in [0.05, 0.1) is 18.8 Å². The van der Waals surface area contributed by atoms with Crippen molar-refractivity contribution in [2.75, 3.05) is 6.61 Å². The minimum absolute atomic E-state index is 0.298. The van der Waals surface area contributed by atoms with Crippen molar-refractivity contribution in [3.8, 4) is 0 Å². The summed E-state index contributed by atoms with van der Waals surface area (Å²) < 4.78 is 5.33. The summed E-state index contributed by atoms with van der Waals surface area (Å²) in [5, 5.41) is 8.68. The molecule has 0 aliphatic rings. The van der Waals surface area contributed by atoms with Crippen molar-refractivity contribution in [2.45, 2.75) is 13.5 Å². The lowest BCUT2D eigenvalue weighted by molar-refractivity contribution is 0.0696. The molecular weight excluding hydrogens is 192 g/mol. The number of hydrogen-bond acceptors (Lipinski definition) is 2. The highest BCUT2D eigenvalue weighted by molar-refractivity contribution is 5.87. The van der Waals surface area contributed by atoms with Gasteiger partial charge in [0.1, 0.15) is 0 Å². The highest BCUT2D eigenvalue weighted by Crippen LogP contribution is 2.05. The van der Waals surface area contributed by atoms with Gasteiger partial charge in [-0.1, -0.05) is 24.3 Å². The highest BCUT2D eigenvalue weighted by atomic mass is 16.5. The van der Waals surface area contributed by atoms with E-state index in [1.807, 2.05) is 19.1 Å². The van der Waals surface area contributed by atoms with Crippen molar-refractivity contribution in [2.24, 2.45) is 0 Å². The normalized spacial score (nSPS) is 10.7. The van der Waals surface area contributed by atoms with E-state index in [-0.39, 0.29) is 0 Å². The van der Waals surface area contributed by atoms with E-state index < -0.39 is 5.97 Å². The average molecular weight is 206 g/mol. The molecule has 3 nitrogen and oxygen atoms in total. The molecule has 0 radical (unpaired) electrons. The molecule has 0 heterocycles. The predicted molar refractivity (Wildman–Crippen MR) is 57.9 cm³/mol. The zero-order valence-corrected chi connectivity index (χ0v) is 8.64. The van der Waals surface area contributed by atoms with Crippen molar-refractivity contribution in [3.05, 3.63) is 47.5 Å². The van der Waals surface area contributed by atoms with Gasteiger partial charge in [0.2, 0.25) is 0 Å². The summed E-state index contributed by atoms with van der Waals surface area (Å²) in [6.07, 6.45) is 3.85. The minimum Gasteiger partial charge on any atom is -0.478 e. The van der Waals surface area contributed by atoms with Crippen LogP contribution in [0, 0.1) is 0 Å². The van der Waals surface area contributed by atoms with Crippen LogP contribution in [0.1, 0.15) is 22.8 Å². The second-order valence-electron chi connectivity index (χ2n) is 3.09. The van der Waals surface area contributed by atoms with E-state index in [4.69, 9.17) is 9.84 Å². The molecule has 0 unspecified atom stereocenters. The van der Waals surface area contributed by atoms with Gasteiger partial charge in [-0.3, -0.25) is 0 Å². The lowest BCUT2D eigenvalue weighted by atomic mass is 10.1. The molecule has 3 heteroatoms. The standard InChI is InChI=1S/C12H14O3/c1-2-3-8-15-9-10-4-6-11(7-5-10)12(13)14/h2-7H,8-9H2,1H3,(H,13,14). The van der Waals surface area contributed by atoms with Crippen LogP contribution in [-0.2, 0) is 11.3 Å². The molecule has 1 aromatic carbocycles. The van der Waals surface area contributed by atoms with Gasteiger partial charge in [-0.25, -0.2) is 4.79 Å². The van der Waals surface area contributed by atoms with Crippen LogP contribution in [0.4, 0.5) is 0 Å². The predicted octanol–water partition coefficient (Wildman–Crippen LogP) is 2.48. The third-order valence-corrected chi connectivity index (χ3v) is 1.92. The Kier molecular flexibility index (Phi) is 4.57. The van der Waals surface area contributed by atoms with E-state index in [0.29, 0.717) is 18.8 Å². The fourth-order valence-electron chi connectivity index (χ4n) is 1.08. The van der Waals surface area contributed by atoms with Crippen molar-refractivity contribution < 1.29 is 14.6 Å². The van der Waals surface area contributed by atoms with E-state index >= 15 is 0 Å². The van der Waals surface area contributed by atoms with Gasteiger partial charge in [-0.2, -0.15) is 0 Å². The molecule has 0 aliphatic carbocycles. The zero-order chi connectivity index (χ0) is 11.1. The number of ether oxygens (including phenoxy) is 1. The second-order valence-corrected chi connectivity index (χ2v) is 3.09. The van der Waals surface area contributed by atoms with Gasteiger partial charge in [0, 0.05) is 0 Å². The molecule has 15 heavy (non-hydrogen) atoms. The molecule has 1 rings (SSSR count). The van der Waals surface area contributed by atoms with Crippen molar-refractivity contribution in [1.82, 2.24) is 0 Å². The van der Waals surface area contributed by atoms with Crippen LogP contribution in [0.25, 0.3) is 0 Å². The van der Waals surface area contributed by atoms with Crippen LogP contribution in [0.15, 0.2) is 36.4 Å². The lowest BCUT2D eigenvalue weighted by Gasteiger charge is -2.01. The third-order valence-electron chi connectivity index (χ3n) is 1.92. The number of benzene rings is 1. The Balaban J connectivity index is 2.46. The van der Waals surface area contributed by atoms with E-state index in [1.54, 1.807) is 24.3 Å². The fraction of sp³-hybridized carbons (Fsp3) is 0.250. The maximum Gasteiger partial charge on any atom is 0.335 e. The van der Waals surface area contributed by atoms with E-state index in [1.165, 1.54) is 0 Å². The quantitative estimate of drug-likeness (QED) is 0.594. The number of aromatic carboxylic acids is 1. The number of allylic oxidation sites excluding steroid dienone is 1. The van der Waals surface area contributed by atoms with Crippen LogP contribution in [0.3, 0.4) is 0 Å².